The lowest BCUT2D eigenvalue weighted by molar-refractivity contribution is 0.571. The average Bonchev–Trinajstić information content (AvgIpc) is 2.84. The van der Waals surface area contributed by atoms with E-state index in [0.29, 0.717) is 16.7 Å². The third-order valence-electron chi connectivity index (χ3n) is 3.29. The second kappa shape index (κ2) is 6.31. The first-order valence-electron chi connectivity index (χ1n) is 6.95. The molecule has 0 saturated heterocycles. The molecule has 8 nitrogen and oxygen atoms in total. The number of imidazole rings is 1. The quantitative estimate of drug-likeness (QED) is 0.671. The Kier molecular flexibility index (Phi) is 4.22. The SMILES string of the molecule is O=c1[nH]c2cncnc2n1CCNS(=O)(=O)Cc1ccccc1. The molecule has 0 amide bonds. The molecule has 0 aliphatic rings. The van der Waals surface area contributed by atoms with Gasteiger partial charge in [0.25, 0.3) is 0 Å². The van der Waals surface area contributed by atoms with Crippen molar-refractivity contribution in [3.63, 3.8) is 0 Å². The van der Waals surface area contributed by atoms with Gasteiger partial charge in [0.1, 0.15) is 11.8 Å². The fourth-order valence-corrected chi connectivity index (χ4v) is 3.41. The highest BCUT2D eigenvalue weighted by Gasteiger charge is 2.12. The van der Waals surface area contributed by atoms with Crippen molar-refractivity contribution in [3.05, 3.63) is 58.9 Å². The minimum Gasteiger partial charge on any atom is -0.303 e. The van der Waals surface area contributed by atoms with Crippen LogP contribution in [0.25, 0.3) is 11.2 Å². The number of benzene rings is 1. The van der Waals surface area contributed by atoms with Crippen molar-refractivity contribution in [1.82, 2.24) is 24.2 Å². The molecule has 2 N–H and O–H groups in total. The predicted octanol–water partition coefficient (Wildman–Crippen LogP) is 0.239. The van der Waals surface area contributed by atoms with E-state index in [1.807, 2.05) is 6.07 Å². The van der Waals surface area contributed by atoms with Crippen LogP contribution in [0.5, 0.6) is 0 Å². The average molecular weight is 333 g/mol. The number of rotatable bonds is 6. The number of sulfonamides is 1. The molecule has 0 fully saturated rings. The topological polar surface area (TPSA) is 110 Å². The molecule has 3 rings (SSSR count). The van der Waals surface area contributed by atoms with Crippen LogP contribution in [0.4, 0.5) is 0 Å². The third kappa shape index (κ3) is 3.63. The van der Waals surface area contributed by atoms with E-state index < -0.39 is 10.0 Å². The zero-order valence-corrected chi connectivity index (χ0v) is 13.0. The molecule has 2 heterocycles. The Bertz CT molecular complexity index is 963. The minimum absolute atomic E-state index is 0.0984. The summed E-state index contributed by atoms with van der Waals surface area (Å²) in [6.45, 7) is 0.288. The zero-order valence-electron chi connectivity index (χ0n) is 12.1. The van der Waals surface area contributed by atoms with Crippen molar-refractivity contribution >= 4 is 21.2 Å². The molecule has 120 valence electrons. The lowest BCUT2D eigenvalue weighted by atomic mass is 10.2. The Morgan fingerprint density at radius 2 is 2.00 bits per heavy atom. The van der Waals surface area contributed by atoms with Crippen molar-refractivity contribution in [2.24, 2.45) is 0 Å². The van der Waals surface area contributed by atoms with Crippen molar-refractivity contribution in [3.8, 4) is 0 Å². The second-order valence-electron chi connectivity index (χ2n) is 4.98. The summed E-state index contributed by atoms with van der Waals surface area (Å²) in [4.78, 5) is 22.3. The number of hydrogen-bond acceptors (Lipinski definition) is 5. The molecule has 0 aliphatic heterocycles. The van der Waals surface area contributed by atoms with Crippen LogP contribution in [-0.4, -0.2) is 34.5 Å². The van der Waals surface area contributed by atoms with Crippen LogP contribution in [0, 0.1) is 0 Å². The lowest BCUT2D eigenvalue weighted by Gasteiger charge is -2.07. The van der Waals surface area contributed by atoms with Crippen molar-refractivity contribution < 1.29 is 8.42 Å². The molecule has 23 heavy (non-hydrogen) atoms. The summed E-state index contributed by atoms with van der Waals surface area (Å²) in [6.07, 6.45) is 2.84. The van der Waals surface area contributed by atoms with E-state index in [1.165, 1.54) is 17.1 Å². The highest BCUT2D eigenvalue weighted by molar-refractivity contribution is 7.88. The van der Waals surface area contributed by atoms with Crippen LogP contribution in [0.2, 0.25) is 0 Å². The molecule has 1 aromatic carbocycles. The number of nitrogens with one attached hydrogen (secondary N) is 2. The lowest BCUT2D eigenvalue weighted by Crippen LogP contribution is -2.31. The van der Waals surface area contributed by atoms with Crippen LogP contribution in [0.15, 0.2) is 47.7 Å². The molecule has 0 radical (unpaired) electrons. The summed E-state index contributed by atoms with van der Waals surface area (Å²) in [5.41, 5.74) is 1.33. The van der Waals surface area contributed by atoms with Gasteiger partial charge in [-0.05, 0) is 5.56 Å². The molecule has 0 saturated carbocycles. The molecule has 0 atom stereocenters. The van der Waals surface area contributed by atoms with Crippen LogP contribution in [0.3, 0.4) is 0 Å². The fraction of sp³-hybridized carbons (Fsp3) is 0.214. The smallest absolute Gasteiger partial charge is 0.303 e. The zero-order chi connectivity index (χ0) is 16.3. The summed E-state index contributed by atoms with van der Waals surface area (Å²) < 4.78 is 28.0. The van der Waals surface area contributed by atoms with Crippen molar-refractivity contribution in [1.29, 1.82) is 0 Å². The van der Waals surface area contributed by atoms with E-state index >= 15 is 0 Å². The van der Waals surface area contributed by atoms with Gasteiger partial charge in [0.05, 0.1) is 11.9 Å². The monoisotopic (exact) mass is 333 g/mol. The molecule has 0 bridgehead atoms. The molecular weight excluding hydrogens is 318 g/mol. The van der Waals surface area contributed by atoms with Crippen LogP contribution in [0.1, 0.15) is 5.56 Å². The molecule has 0 unspecified atom stereocenters. The number of H-pyrrole nitrogens is 1. The molecule has 0 spiro atoms. The number of hydrogen-bond donors (Lipinski definition) is 2. The Hall–Kier alpha value is -2.52. The van der Waals surface area contributed by atoms with Gasteiger partial charge in [0.15, 0.2) is 5.65 Å². The Morgan fingerprint density at radius 1 is 1.22 bits per heavy atom. The summed E-state index contributed by atoms with van der Waals surface area (Å²) in [5, 5.41) is 0. The van der Waals surface area contributed by atoms with Crippen molar-refractivity contribution in [2.75, 3.05) is 6.54 Å². The maximum Gasteiger partial charge on any atom is 0.327 e. The van der Waals surface area contributed by atoms with E-state index in [4.69, 9.17) is 0 Å². The Morgan fingerprint density at radius 3 is 2.78 bits per heavy atom. The Labute approximate surface area is 132 Å². The van der Waals surface area contributed by atoms with Gasteiger partial charge in [0.2, 0.25) is 10.0 Å². The summed E-state index contributed by atoms with van der Waals surface area (Å²) in [7, 11) is -3.46. The van der Waals surface area contributed by atoms with Gasteiger partial charge in [-0.25, -0.2) is 27.9 Å². The Balaban J connectivity index is 1.66. The summed E-state index contributed by atoms with van der Waals surface area (Å²) >= 11 is 0. The van der Waals surface area contributed by atoms with Gasteiger partial charge >= 0.3 is 5.69 Å². The van der Waals surface area contributed by atoms with Gasteiger partial charge < -0.3 is 4.98 Å². The molecular formula is C14H15N5O3S. The number of aromatic amines is 1. The van der Waals surface area contributed by atoms with E-state index in [0.717, 1.165) is 0 Å². The normalized spacial score (nSPS) is 11.8. The third-order valence-corrected chi connectivity index (χ3v) is 4.65. The molecule has 3 aromatic rings. The van der Waals surface area contributed by atoms with Crippen LogP contribution >= 0.6 is 0 Å². The summed E-state index contributed by atoms with van der Waals surface area (Å²) in [6, 6.07) is 8.90. The molecule has 2 aromatic heterocycles. The van der Waals surface area contributed by atoms with E-state index in [2.05, 4.69) is 19.7 Å². The van der Waals surface area contributed by atoms with Gasteiger partial charge in [0, 0.05) is 13.1 Å². The van der Waals surface area contributed by atoms with E-state index in [9.17, 15) is 13.2 Å². The van der Waals surface area contributed by atoms with Gasteiger partial charge in [-0.3, -0.25) is 4.57 Å². The van der Waals surface area contributed by atoms with Gasteiger partial charge in [-0.1, -0.05) is 30.3 Å². The highest BCUT2D eigenvalue weighted by atomic mass is 32.2. The largest absolute Gasteiger partial charge is 0.327 e. The fourth-order valence-electron chi connectivity index (χ4n) is 2.27. The number of nitrogens with zero attached hydrogens (tertiary/aromatic N) is 3. The van der Waals surface area contributed by atoms with Gasteiger partial charge in [-0.2, -0.15) is 0 Å². The highest BCUT2D eigenvalue weighted by Crippen LogP contribution is 2.05. The first-order chi connectivity index (χ1) is 11.1. The first-order valence-corrected chi connectivity index (χ1v) is 8.60. The van der Waals surface area contributed by atoms with Crippen LogP contribution in [-0.2, 0) is 22.3 Å². The van der Waals surface area contributed by atoms with Crippen LogP contribution < -0.4 is 10.4 Å². The molecule has 9 heteroatoms. The maximum atomic E-state index is 12.0. The minimum atomic E-state index is -3.46. The standard InChI is InChI=1S/C14H15N5O3S/c20-14-18-12-8-15-10-16-13(12)19(14)7-6-17-23(21,22)9-11-4-2-1-3-5-11/h1-5,8,10,17H,6-7,9H2,(H,18,20). The predicted molar refractivity (Wildman–Crippen MR) is 85.2 cm³/mol. The molecule has 0 aliphatic carbocycles. The maximum absolute atomic E-state index is 12.0. The second-order valence-corrected chi connectivity index (χ2v) is 6.79. The van der Waals surface area contributed by atoms with Gasteiger partial charge in [-0.15, -0.1) is 0 Å². The number of fused-ring (bicyclic) bond motifs is 1. The number of aromatic nitrogens is 4. The van der Waals surface area contributed by atoms with Crippen molar-refractivity contribution in [2.45, 2.75) is 12.3 Å². The summed E-state index contributed by atoms with van der Waals surface area (Å²) in [5.74, 6) is -0.0984. The van der Waals surface area contributed by atoms with E-state index in [-0.39, 0.29) is 24.5 Å². The first kappa shape index (κ1) is 15.4. The van der Waals surface area contributed by atoms with E-state index in [1.54, 1.807) is 24.3 Å².